The number of esters is 1. The first kappa shape index (κ1) is 16.0. The second-order valence-electron chi connectivity index (χ2n) is 6.76. The first-order chi connectivity index (χ1) is 10.7. The van der Waals surface area contributed by atoms with E-state index < -0.39 is 13.1 Å². The van der Waals surface area contributed by atoms with Gasteiger partial charge < -0.3 is 14.0 Å². The van der Waals surface area contributed by atoms with Gasteiger partial charge in [0, 0.05) is 6.20 Å². The van der Waals surface area contributed by atoms with Gasteiger partial charge >= 0.3 is 13.1 Å². The van der Waals surface area contributed by atoms with Crippen molar-refractivity contribution in [3.05, 3.63) is 36.2 Å². The van der Waals surface area contributed by atoms with Crippen molar-refractivity contribution in [1.82, 2.24) is 4.98 Å². The van der Waals surface area contributed by atoms with Crippen LogP contribution >= 0.6 is 0 Å². The fraction of sp³-hybridized carbons (Fsp3) is 0.412. The summed E-state index contributed by atoms with van der Waals surface area (Å²) in [6.45, 7) is 8.10. The highest BCUT2D eigenvalue weighted by Gasteiger charge is 2.51. The lowest BCUT2D eigenvalue weighted by Gasteiger charge is -2.32. The molecule has 1 aromatic heterocycles. The van der Waals surface area contributed by atoms with E-state index in [0.29, 0.717) is 5.69 Å². The van der Waals surface area contributed by atoms with Crippen molar-refractivity contribution in [2.24, 2.45) is 0 Å². The second-order valence-corrected chi connectivity index (χ2v) is 6.76. The molecule has 6 heteroatoms. The topological polar surface area (TPSA) is 57.7 Å². The molecule has 2 heterocycles. The molecule has 1 aliphatic heterocycles. The molecule has 0 atom stereocenters. The molecule has 1 aliphatic rings. The van der Waals surface area contributed by atoms with E-state index in [2.05, 4.69) is 4.98 Å². The molecular formula is C17H20BNO4. The van der Waals surface area contributed by atoms with Gasteiger partial charge in [-0.2, -0.15) is 0 Å². The molecule has 1 aromatic carbocycles. The van der Waals surface area contributed by atoms with Crippen LogP contribution in [-0.2, 0) is 14.0 Å². The van der Waals surface area contributed by atoms with E-state index in [9.17, 15) is 4.79 Å². The molecule has 3 rings (SSSR count). The van der Waals surface area contributed by atoms with Crippen molar-refractivity contribution >= 4 is 29.3 Å². The number of nitrogens with zero attached hydrogens (tertiary/aromatic N) is 1. The van der Waals surface area contributed by atoms with Crippen LogP contribution in [-0.4, -0.2) is 36.4 Å². The van der Waals surface area contributed by atoms with Gasteiger partial charge in [0.05, 0.1) is 18.3 Å². The Morgan fingerprint density at radius 1 is 1.09 bits per heavy atom. The van der Waals surface area contributed by atoms with E-state index in [-0.39, 0.29) is 11.2 Å². The number of carbonyl (C=O) groups is 1. The molecule has 0 amide bonds. The van der Waals surface area contributed by atoms with Gasteiger partial charge in [-0.05, 0) is 50.0 Å². The van der Waals surface area contributed by atoms with Gasteiger partial charge in [0.25, 0.3) is 0 Å². The van der Waals surface area contributed by atoms with E-state index >= 15 is 0 Å². The molecule has 2 aromatic rings. The third-order valence-electron chi connectivity index (χ3n) is 4.67. The Balaban J connectivity index is 1.94. The molecule has 0 spiro atoms. The first-order valence-electron chi connectivity index (χ1n) is 7.57. The standard InChI is InChI=1S/C17H20BNO4/c1-16(2)17(3,4)23-18(22-16)13-7-6-11-9-14(15(20)21-5)19-10-12(11)8-13/h6-10H,1-5H3. The summed E-state index contributed by atoms with van der Waals surface area (Å²) >= 11 is 0. The highest BCUT2D eigenvalue weighted by Crippen LogP contribution is 2.36. The second kappa shape index (κ2) is 5.32. The van der Waals surface area contributed by atoms with Gasteiger partial charge in [-0.25, -0.2) is 9.78 Å². The van der Waals surface area contributed by atoms with Gasteiger partial charge in [-0.3, -0.25) is 0 Å². The molecule has 0 radical (unpaired) electrons. The Bertz CT molecular complexity index is 756. The number of carbonyl (C=O) groups excluding carboxylic acids is 1. The normalized spacial score (nSPS) is 19.1. The molecule has 1 saturated heterocycles. The van der Waals surface area contributed by atoms with Crippen molar-refractivity contribution in [3.63, 3.8) is 0 Å². The SMILES string of the molecule is COC(=O)c1cc2ccc(B3OC(C)(C)C(C)(C)O3)cc2cn1. The highest BCUT2D eigenvalue weighted by molar-refractivity contribution is 6.62. The van der Waals surface area contributed by atoms with E-state index in [0.717, 1.165) is 16.2 Å². The summed E-state index contributed by atoms with van der Waals surface area (Å²) in [6.07, 6.45) is 1.66. The number of aromatic nitrogens is 1. The van der Waals surface area contributed by atoms with Gasteiger partial charge in [-0.15, -0.1) is 0 Å². The molecule has 1 fully saturated rings. The predicted molar refractivity (Wildman–Crippen MR) is 88.8 cm³/mol. The van der Waals surface area contributed by atoms with Crippen LogP contribution in [0.1, 0.15) is 38.2 Å². The monoisotopic (exact) mass is 313 g/mol. The Kier molecular flexibility index (Phi) is 3.69. The maximum atomic E-state index is 11.6. The van der Waals surface area contributed by atoms with Gasteiger partial charge in [-0.1, -0.05) is 18.2 Å². The van der Waals surface area contributed by atoms with Crippen LogP contribution in [0.15, 0.2) is 30.5 Å². The molecule has 0 unspecified atom stereocenters. The summed E-state index contributed by atoms with van der Waals surface area (Å²) in [5, 5.41) is 1.84. The van der Waals surface area contributed by atoms with Crippen LogP contribution in [0.25, 0.3) is 10.8 Å². The highest BCUT2D eigenvalue weighted by atomic mass is 16.7. The Morgan fingerprint density at radius 2 is 1.74 bits per heavy atom. The number of ether oxygens (including phenoxy) is 1. The zero-order valence-corrected chi connectivity index (χ0v) is 14.0. The van der Waals surface area contributed by atoms with Crippen LogP contribution in [0, 0.1) is 0 Å². The van der Waals surface area contributed by atoms with Gasteiger partial charge in [0.2, 0.25) is 0 Å². The Morgan fingerprint density at radius 3 is 2.35 bits per heavy atom. The quantitative estimate of drug-likeness (QED) is 0.629. The van der Waals surface area contributed by atoms with E-state index in [1.807, 2.05) is 45.9 Å². The van der Waals surface area contributed by atoms with E-state index in [1.165, 1.54) is 7.11 Å². The lowest BCUT2D eigenvalue weighted by molar-refractivity contribution is 0.00578. The molecule has 0 N–H and O–H groups in total. The Labute approximate surface area is 136 Å². The lowest BCUT2D eigenvalue weighted by Crippen LogP contribution is -2.41. The number of hydrogen-bond donors (Lipinski definition) is 0. The number of hydrogen-bond acceptors (Lipinski definition) is 5. The van der Waals surface area contributed by atoms with Crippen molar-refractivity contribution in [2.75, 3.05) is 7.11 Å². The lowest BCUT2D eigenvalue weighted by atomic mass is 9.78. The minimum absolute atomic E-state index is 0.295. The maximum absolute atomic E-state index is 11.6. The summed E-state index contributed by atoms with van der Waals surface area (Å²) in [5.41, 5.74) is 0.478. The fourth-order valence-corrected chi connectivity index (χ4v) is 2.50. The van der Waals surface area contributed by atoms with Crippen molar-refractivity contribution in [3.8, 4) is 0 Å². The minimum Gasteiger partial charge on any atom is -0.464 e. The van der Waals surface area contributed by atoms with Gasteiger partial charge in [0.1, 0.15) is 5.69 Å². The minimum atomic E-state index is -0.443. The molecule has 0 bridgehead atoms. The van der Waals surface area contributed by atoms with Crippen molar-refractivity contribution in [2.45, 2.75) is 38.9 Å². The first-order valence-corrected chi connectivity index (χ1v) is 7.57. The summed E-state index contributed by atoms with van der Waals surface area (Å²) in [5.74, 6) is -0.443. The summed E-state index contributed by atoms with van der Waals surface area (Å²) in [4.78, 5) is 15.7. The number of methoxy groups -OCH3 is 1. The third kappa shape index (κ3) is 2.73. The molecular weight excluding hydrogens is 293 g/mol. The number of fused-ring (bicyclic) bond motifs is 1. The van der Waals surface area contributed by atoms with E-state index in [1.54, 1.807) is 12.3 Å². The Hall–Kier alpha value is -1.92. The average Bonchev–Trinajstić information content (AvgIpc) is 2.73. The smallest absolute Gasteiger partial charge is 0.464 e. The predicted octanol–water partition coefficient (Wildman–Crippen LogP) is 2.32. The molecule has 5 nitrogen and oxygen atoms in total. The zero-order chi connectivity index (χ0) is 16.8. The largest absolute Gasteiger partial charge is 0.494 e. The van der Waals surface area contributed by atoms with E-state index in [4.69, 9.17) is 14.0 Å². The van der Waals surface area contributed by atoms with Crippen LogP contribution in [0.2, 0.25) is 0 Å². The molecule has 0 saturated carbocycles. The third-order valence-corrected chi connectivity index (χ3v) is 4.67. The number of rotatable bonds is 2. The van der Waals surface area contributed by atoms with Crippen LogP contribution in [0.3, 0.4) is 0 Å². The summed E-state index contributed by atoms with van der Waals surface area (Å²) < 4.78 is 16.8. The number of benzene rings is 1. The average molecular weight is 313 g/mol. The van der Waals surface area contributed by atoms with Crippen LogP contribution in [0.5, 0.6) is 0 Å². The van der Waals surface area contributed by atoms with Crippen LogP contribution in [0.4, 0.5) is 0 Å². The summed E-state index contributed by atoms with van der Waals surface area (Å²) in [7, 11) is 0.931. The molecule has 23 heavy (non-hydrogen) atoms. The van der Waals surface area contributed by atoms with Crippen molar-refractivity contribution in [1.29, 1.82) is 0 Å². The van der Waals surface area contributed by atoms with Crippen molar-refractivity contribution < 1.29 is 18.8 Å². The van der Waals surface area contributed by atoms with Crippen LogP contribution < -0.4 is 5.46 Å². The molecule has 120 valence electrons. The van der Waals surface area contributed by atoms with Gasteiger partial charge in [0.15, 0.2) is 0 Å². The fourth-order valence-electron chi connectivity index (χ4n) is 2.50. The molecule has 0 aliphatic carbocycles. The summed E-state index contributed by atoms with van der Waals surface area (Å²) in [6, 6.07) is 7.58. The maximum Gasteiger partial charge on any atom is 0.494 e. The zero-order valence-electron chi connectivity index (χ0n) is 14.0. The number of pyridine rings is 1.